The highest BCUT2D eigenvalue weighted by Gasteiger charge is 2.24. The number of unbranched alkanes of at least 4 members (excludes halogenated alkanes) is 6. The largest absolute Gasteiger partial charge is 0.392 e. The van der Waals surface area contributed by atoms with Gasteiger partial charge in [-0.3, -0.25) is 0 Å². The van der Waals surface area contributed by atoms with E-state index in [1.165, 1.54) is 57.1 Å². The molecule has 90 valence electrons. The number of aliphatic hydroxyl groups is 1. The summed E-state index contributed by atoms with van der Waals surface area (Å²) in [6.07, 6.45) is 10.9. The molecule has 0 aromatic heterocycles. The molecule has 2 unspecified atom stereocenters. The zero-order chi connectivity index (χ0) is 10.9. The molecule has 1 fully saturated rings. The molecule has 0 aromatic carbocycles. The molecule has 0 aliphatic carbocycles. The van der Waals surface area contributed by atoms with Crippen molar-refractivity contribution < 1.29 is 5.11 Å². The van der Waals surface area contributed by atoms with Crippen LogP contribution < -0.4 is 0 Å². The van der Waals surface area contributed by atoms with Crippen LogP contribution in [0.2, 0.25) is 0 Å². The monoisotopic (exact) mass is 230 g/mol. The minimum absolute atomic E-state index is 0.00455. The van der Waals surface area contributed by atoms with Gasteiger partial charge in [-0.1, -0.05) is 51.9 Å². The van der Waals surface area contributed by atoms with E-state index in [0.29, 0.717) is 5.92 Å². The highest BCUT2D eigenvalue weighted by atomic mass is 32.2. The van der Waals surface area contributed by atoms with Crippen molar-refractivity contribution in [3.63, 3.8) is 0 Å². The summed E-state index contributed by atoms with van der Waals surface area (Å²) in [5.41, 5.74) is 0. The van der Waals surface area contributed by atoms with E-state index in [0.717, 1.165) is 5.75 Å². The summed E-state index contributed by atoms with van der Waals surface area (Å²) in [5.74, 6) is 2.77. The Morgan fingerprint density at radius 3 is 2.27 bits per heavy atom. The lowest BCUT2D eigenvalue weighted by molar-refractivity contribution is 0.143. The Balaban J connectivity index is 1.84. The van der Waals surface area contributed by atoms with Crippen molar-refractivity contribution in [1.82, 2.24) is 0 Å². The van der Waals surface area contributed by atoms with Gasteiger partial charge in [0.25, 0.3) is 0 Å². The third kappa shape index (κ3) is 5.82. The Morgan fingerprint density at radius 2 is 1.67 bits per heavy atom. The Bertz CT molecular complexity index is 149. The first-order valence-electron chi connectivity index (χ1n) is 6.60. The van der Waals surface area contributed by atoms with Gasteiger partial charge in [0, 0.05) is 5.75 Å². The lowest BCUT2D eigenvalue weighted by Gasteiger charge is -2.12. The van der Waals surface area contributed by atoms with Crippen molar-refractivity contribution in [2.45, 2.75) is 64.4 Å². The molecular weight excluding hydrogens is 204 g/mol. The van der Waals surface area contributed by atoms with Gasteiger partial charge >= 0.3 is 0 Å². The Hall–Kier alpha value is 0.310. The van der Waals surface area contributed by atoms with Gasteiger partial charge in [0.2, 0.25) is 0 Å². The molecule has 1 nitrogen and oxygen atoms in total. The maximum Gasteiger partial charge on any atom is 0.0666 e. The molecule has 0 bridgehead atoms. The molecule has 1 aliphatic heterocycles. The summed E-state index contributed by atoms with van der Waals surface area (Å²) in [6, 6.07) is 0. The number of thioether (sulfide) groups is 1. The lowest BCUT2D eigenvalue weighted by Crippen LogP contribution is -2.17. The summed E-state index contributed by atoms with van der Waals surface area (Å²) in [4.78, 5) is 0. The van der Waals surface area contributed by atoms with Crippen LogP contribution >= 0.6 is 11.8 Å². The van der Waals surface area contributed by atoms with Gasteiger partial charge in [0.1, 0.15) is 0 Å². The van der Waals surface area contributed by atoms with E-state index in [1.54, 1.807) is 0 Å². The van der Waals surface area contributed by atoms with E-state index in [1.807, 2.05) is 11.8 Å². The minimum Gasteiger partial charge on any atom is -0.392 e. The molecule has 1 N–H and O–H groups in total. The molecule has 1 saturated heterocycles. The number of hydrogen-bond acceptors (Lipinski definition) is 2. The maximum atomic E-state index is 9.64. The van der Waals surface area contributed by atoms with Gasteiger partial charge in [-0.25, -0.2) is 0 Å². The average molecular weight is 230 g/mol. The average Bonchev–Trinajstić information content (AvgIpc) is 2.63. The molecular formula is C13H26OS. The van der Waals surface area contributed by atoms with Crippen LogP contribution in [0.4, 0.5) is 0 Å². The predicted molar refractivity (Wildman–Crippen MR) is 69.4 cm³/mol. The smallest absolute Gasteiger partial charge is 0.0666 e. The third-order valence-corrected chi connectivity index (χ3v) is 4.58. The summed E-state index contributed by atoms with van der Waals surface area (Å²) in [6.45, 7) is 2.26. The first-order chi connectivity index (χ1) is 7.34. The molecule has 0 radical (unpaired) electrons. The first kappa shape index (κ1) is 13.4. The second-order valence-electron chi connectivity index (χ2n) is 4.77. The van der Waals surface area contributed by atoms with Crippen LogP contribution in [-0.4, -0.2) is 22.7 Å². The summed E-state index contributed by atoms with van der Waals surface area (Å²) in [5, 5.41) is 9.64. The van der Waals surface area contributed by atoms with Crippen LogP contribution in [0.15, 0.2) is 0 Å². The van der Waals surface area contributed by atoms with Crippen molar-refractivity contribution in [2.24, 2.45) is 5.92 Å². The van der Waals surface area contributed by atoms with E-state index < -0.39 is 0 Å². The van der Waals surface area contributed by atoms with Crippen LogP contribution in [0.5, 0.6) is 0 Å². The topological polar surface area (TPSA) is 20.2 Å². The normalized spacial score (nSPS) is 26.0. The highest BCUT2D eigenvalue weighted by Crippen LogP contribution is 2.28. The number of aliphatic hydroxyl groups excluding tert-OH is 1. The second-order valence-corrected chi connectivity index (χ2v) is 5.85. The quantitative estimate of drug-likeness (QED) is 0.639. The zero-order valence-corrected chi connectivity index (χ0v) is 10.9. The van der Waals surface area contributed by atoms with Crippen molar-refractivity contribution in [3.8, 4) is 0 Å². The number of hydrogen-bond donors (Lipinski definition) is 1. The third-order valence-electron chi connectivity index (χ3n) is 3.34. The maximum absolute atomic E-state index is 9.64. The zero-order valence-electron chi connectivity index (χ0n) is 10.1. The second kappa shape index (κ2) is 8.46. The van der Waals surface area contributed by atoms with E-state index in [9.17, 15) is 5.11 Å². The molecule has 1 heterocycles. The van der Waals surface area contributed by atoms with Crippen molar-refractivity contribution in [1.29, 1.82) is 0 Å². The van der Waals surface area contributed by atoms with Crippen LogP contribution in [0.1, 0.15) is 58.3 Å². The Kier molecular flexibility index (Phi) is 7.54. The summed E-state index contributed by atoms with van der Waals surface area (Å²) >= 11 is 1.92. The van der Waals surface area contributed by atoms with Crippen molar-refractivity contribution >= 4 is 11.8 Å². The number of rotatable bonds is 8. The van der Waals surface area contributed by atoms with E-state index in [-0.39, 0.29) is 6.10 Å². The van der Waals surface area contributed by atoms with Crippen molar-refractivity contribution in [2.75, 3.05) is 11.5 Å². The molecule has 2 atom stereocenters. The Labute approximate surface area is 99.0 Å². The first-order valence-corrected chi connectivity index (χ1v) is 7.76. The van der Waals surface area contributed by atoms with Crippen LogP contribution in [-0.2, 0) is 0 Å². The fourth-order valence-electron chi connectivity index (χ4n) is 2.23. The van der Waals surface area contributed by atoms with E-state index >= 15 is 0 Å². The van der Waals surface area contributed by atoms with Gasteiger partial charge in [-0.2, -0.15) is 11.8 Å². The van der Waals surface area contributed by atoms with Crippen LogP contribution in [0.25, 0.3) is 0 Å². The van der Waals surface area contributed by atoms with Gasteiger partial charge in [-0.05, 0) is 18.1 Å². The molecule has 15 heavy (non-hydrogen) atoms. The van der Waals surface area contributed by atoms with Gasteiger partial charge < -0.3 is 5.11 Å². The van der Waals surface area contributed by atoms with E-state index in [2.05, 4.69) is 6.92 Å². The molecule has 2 heteroatoms. The fraction of sp³-hybridized carbons (Fsp3) is 1.00. The SMILES string of the molecule is CCCCCCCCCC1CSCC1O. The Morgan fingerprint density at radius 1 is 1.00 bits per heavy atom. The fourth-order valence-corrected chi connectivity index (χ4v) is 3.57. The van der Waals surface area contributed by atoms with Crippen LogP contribution in [0.3, 0.4) is 0 Å². The summed E-state index contributed by atoms with van der Waals surface area (Å²) < 4.78 is 0. The predicted octanol–water partition coefficient (Wildman–Crippen LogP) is 3.85. The molecule has 0 spiro atoms. The van der Waals surface area contributed by atoms with Gasteiger partial charge in [0.15, 0.2) is 0 Å². The van der Waals surface area contributed by atoms with Gasteiger partial charge in [0.05, 0.1) is 6.10 Å². The highest BCUT2D eigenvalue weighted by molar-refractivity contribution is 7.99. The molecule has 1 aliphatic rings. The molecule has 0 saturated carbocycles. The molecule has 0 aromatic rings. The molecule has 0 amide bonds. The summed E-state index contributed by atoms with van der Waals surface area (Å²) in [7, 11) is 0. The molecule has 1 rings (SSSR count). The van der Waals surface area contributed by atoms with Crippen LogP contribution in [0, 0.1) is 5.92 Å². The standard InChI is InChI=1S/C13H26OS/c1-2-3-4-5-6-7-8-9-12-10-15-11-13(12)14/h12-14H,2-11H2,1H3. The van der Waals surface area contributed by atoms with Gasteiger partial charge in [-0.15, -0.1) is 0 Å². The lowest BCUT2D eigenvalue weighted by atomic mass is 9.98. The van der Waals surface area contributed by atoms with Crippen molar-refractivity contribution in [3.05, 3.63) is 0 Å². The minimum atomic E-state index is -0.00455. The van der Waals surface area contributed by atoms with E-state index in [4.69, 9.17) is 0 Å².